The molecule has 1 heterocycles. The molecular weight excluding hydrogens is 228 g/mol. The van der Waals surface area contributed by atoms with E-state index < -0.39 is 0 Å². The number of nitrogens with zero attached hydrogens (tertiary/aromatic N) is 4. The minimum atomic E-state index is -0.0333. The first kappa shape index (κ1) is 11.6. The second kappa shape index (κ2) is 4.94. The van der Waals surface area contributed by atoms with Gasteiger partial charge < -0.3 is 4.74 Å². The molecule has 0 aliphatic rings. The quantitative estimate of drug-likeness (QED) is 0.799. The topological polar surface area (TPSA) is 82.6 Å². The molecule has 0 saturated heterocycles. The summed E-state index contributed by atoms with van der Waals surface area (Å²) < 4.78 is 5.52. The van der Waals surface area contributed by atoms with Crippen molar-refractivity contribution in [2.24, 2.45) is 0 Å². The molecule has 0 unspecified atom stereocenters. The molecule has 0 atom stereocenters. The Labute approximate surface area is 104 Å². The number of nitriles is 2. The van der Waals surface area contributed by atoms with Crippen molar-refractivity contribution < 1.29 is 4.74 Å². The first-order valence-corrected chi connectivity index (χ1v) is 5.16. The Bertz CT molecular complexity index is 653. The summed E-state index contributed by atoms with van der Waals surface area (Å²) in [4.78, 5) is 7.98. The van der Waals surface area contributed by atoms with Gasteiger partial charge in [-0.25, -0.2) is 4.98 Å². The Balaban J connectivity index is 2.41. The van der Waals surface area contributed by atoms with Crippen LogP contribution in [-0.4, -0.2) is 9.97 Å². The smallest absolute Gasteiger partial charge is 0.242 e. The third-order valence-electron chi connectivity index (χ3n) is 2.20. The molecule has 0 radical (unpaired) electrons. The second-order valence-corrected chi connectivity index (χ2v) is 3.45. The zero-order chi connectivity index (χ0) is 13.0. The zero-order valence-corrected chi connectivity index (χ0v) is 9.58. The van der Waals surface area contributed by atoms with Gasteiger partial charge in [0, 0.05) is 0 Å². The molecule has 2 aromatic rings. The summed E-state index contributed by atoms with van der Waals surface area (Å²) in [5, 5.41) is 17.7. The maximum Gasteiger partial charge on any atom is 0.242 e. The molecule has 0 aliphatic heterocycles. The number of rotatable bonds is 2. The number of benzene rings is 1. The van der Waals surface area contributed by atoms with Crippen LogP contribution in [0.2, 0.25) is 0 Å². The molecule has 18 heavy (non-hydrogen) atoms. The SMILES string of the molecule is Cc1nc(C#N)c(C#N)nc1Oc1ccccc1. The van der Waals surface area contributed by atoms with Gasteiger partial charge in [0.2, 0.25) is 5.88 Å². The van der Waals surface area contributed by atoms with Crippen LogP contribution in [0.1, 0.15) is 17.1 Å². The van der Waals surface area contributed by atoms with Gasteiger partial charge in [0.05, 0.1) is 0 Å². The van der Waals surface area contributed by atoms with Crippen molar-refractivity contribution in [1.82, 2.24) is 9.97 Å². The summed E-state index contributed by atoms with van der Waals surface area (Å²) in [5.41, 5.74) is 0.443. The maximum absolute atomic E-state index is 8.87. The van der Waals surface area contributed by atoms with Gasteiger partial charge in [-0.2, -0.15) is 15.5 Å². The van der Waals surface area contributed by atoms with E-state index in [1.165, 1.54) is 0 Å². The highest BCUT2D eigenvalue weighted by Crippen LogP contribution is 2.22. The van der Waals surface area contributed by atoms with Gasteiger partial charge >= 0.3 is 0 Å². The molecule has 2 rings (SSSR count). The van der Waals surface area contributed by atoms with E-state index in [1.807, 2.05) is 30.3 Å². The molecule has 0 bridgehead atoms. The van der Waals surface area contributed by atoms with E-state index in [0.717, 1.165) is 0 Å². The molecule has 1 aromatic carbocycles. The minimum absolute atomic E-state index is 0.00964. The number of aromatic nitrogens is 2. The zero-order valence-electron chi connectivity index (χ0n) is 9.58. The van der Waals surface area contributed by atoms with Gasteiger partial charge in [0.25, 0.3) is 0 Å². The molecular formula is C13H8N4O. The molecule has 0 amide bonds. The molecule has 0 fully saturated rings. The van der Waals surface area contributed by atoms with E-state index in [4.69, 9.17) is 15.3 Å². The van der Waals surface area contributed by atoms with Crippen molar-refractivity contribution in [3.05, 3.63) is 47.4 Å². The summed E-state index contributed by atoms with van der Waals surface area (Å²) in [7, 11) is 0. The van der Waals surface area contributed by atoms with Crippen LogP contribution in [0.15, 0.2) is 30.3 Å². The summed E-state index contributed by atoms with van der Waals surface area (Å²) in [5.74, 6) is 0.834. The number of hydrogen-bond donors (Lipinski definition) is 0. The van der Waals surface area contributed by atoms with Crippen LogP contribution < -0.4 is 4.74 Å². The molecule has 0 saturated carbocycles. The Morgan fingerprint density at radius 2 is 1.61 bits per heavy atom. The van der Waals surface area contributed by atoms with E-state index >= 15 is 0 Å². The highest BCUT2D eigenvalue weighted by atomic mass is 16.5. The summed E-state index contributed by atoms with van der Waals surface area (Å²) in [6.45, 7) is 1.67. The molecule has 0 aliphatic carbocycles. The predicted molar refractivity (Wildman–Crippen MR) is 62.7 cm³/mol. The van der Waals surface area contributed by atoms with Crippen LogP contribution >= 0.6 is 0 Å². The van der Waals surface area contributed by atoms with Gasteiger partial charge in [-0.15, -0.1) is 0 Å². The number of hydrogen-bond acceptors (Lipinski definition) is 5. The molecule has 5 nitrogen and oxygen atoms in total. The Kier molecular flexibility index (Phi) is 3.17. The maximum atomic E-state index is 8.87. The average molecular weight is 236 g/mol. The number of aryl methyl sites for hydroxylation is 1. The van der Waals surface area contributed by atoms with Crippen molar-refractivity contribution in [3.63, 3.8) is 0 Å². The van der Waals surface area contributed by atoms with E-state index in [2.05, 4.69) is 9.97 Å². The highest BCUT2D eigenvalue weighted by Gasteiger charge is 2.12. The van der Waals surface area contributed by atoms with Crippen molar-refractivity contribution in [1.29, 1.82) is 10.5 Å². The Morgan fingerprint density at radius 1 is 1.00 bits per heavy atom. The first-order chi connectivity index (χ1) is 8.74. The summed E-state index contributed by atoms with van der Waals surface area (Å²) in [6, 6.07) is 12.7. The van der Waals surface area contributed by atoms with Gasteiger partial charge in [0.15, 0.2) is 11.4 Å². The third-order valence-corrected chi connectivity index (χ3v) is 2.20. The molecule has 0 N–H and O–H groups in total. The lowest BCUT2D eigenvalue weighted by molar-refractivity contribution is 0.454. The fourth-order valence-corrected chi connectivity index (χ4v) is 1.36. The van der Waals surface area contributed by atoms with Crippen LogP contribution in [0.4, 0.5) is 0 Å². The largest absolute Gasteiger partial charge is 0.437 e. The minimum Gasteiger partial charge on any atom is -0.437 e. The summed E-state index contributed by atoms with van der Waals surface area (Å²) >= 11 is 0. The normalized spacial score (nSPS) is 9.28. The van der Waals surface area contributed by atoms with Crippen LogP contribution in [0.3, 0.4) is 0 Å². The van der Waals surface area contributed by atoms with Crippen LogP contribution in [0.5, 0.6) is 11.6 Å². The van der Waals surface area contributed by atoms with E-state index in [1.54, 1.807) is 19.1 Å². The molecule has 0 spiro atoms. The second-order valence-electron chi connectivity index (χ2n) is 3.45. The van der Waals surface area contributed by atoms with Crippen molar-refractivity contribution >= 4 is 0 Å². The predicted octanol–water partition coefficient (Wildman–Crippen LogP) is 2.32. The Morgan fingerprint density at radius 3 is 2.22 bits per heavy atom. The standard InChI is InChI=1S/C13H8N4O/c1-9-13(18-10-5-3-2-4-6-10)17-12(8-15)11(7-14)16-9/h2-6H,1H3. The van der Waals surface area contributed by atoms with Crippen LogP contribution in [0, 0.1) is 29.6 Å². The van der Waals surface area contributed by atoms with Gasteiger partial charge in [-0.1, -0.05) is 18.2 Å². The highest BCUT2D eigenvalue weighted by molar-refractivity contribution is 5.40. The lowest BCUT2D eigenvalue weighted by Gasteiger charge is -2.07. The third kappa shape index (κ3) is 2.26. The lowest BCUT2D eigenvalue weighted by atomic mass is 10.3. The van der Waals surface area contributed by atoms with Crippen molar-refractivity contribution in [3.8, 4) is 23.8 Å². The van der Waals surface area contributed by atoms with E-state index in [9.17, 15) is 0 Å². The fourth-order valence-electron chi connectivity index (χ4n) is 1.36. The molecule has 86 valence electrons. The van der Waals surface area contributed by atoms with Crippen LogP contribution in [0.25, 0.3) is 0 Å². The fraction of sp³-hybridized carbons (Fsp3) is 0.0769. The van der Waals surface area contributed by atoms with E-state index in [0.29, 0.717) is 11.4 Å². The van der Waals surface area contributed by atoms with Crippen LogP contribution in [-0.2, 0) is 0 Å². The lowest BCUT2D eigenvalue weighted by Crippen LogP contribution is -2.01. The number of para-hydroxylation sites is 1. The summed E-state index contributed by atoms with van der Waals surface area (Å²) in [6.07, 6.45) is 0. The first-order valence-electron chi connectivity index (χ1n) is 5.16. The monoisotopic (exact) mass is 236 g/mol. The van der Waals surface area contributed by atoms with Gasteiger partial charge in [0.1, 0.15) is 23.6 Å². The molecule has 1 aromatic heterocycles. The van der Waals surface area contributed by atoms with Gasteiger partial charge in [-0.3, -0.25) is 0 Å². The Hall–Kier alpha value is -2.92. The number of ether oxygens (including phenoxy) is 1. The average Bonchev–Trinajstić information content (AvgIpc) is 2.41. The van der Waals surface area contributed by atoms with Crippen molar-refractivity contribution in [2.45, 2.75) is 6.92 Å². The van der Waals surface area contributed by atoms with Crippen molar-refractivity contribution in [2.75, 3.05) is 0 Å². The molecule has 5 heteroatoms. The van der Waals surface area contributed by atoms with Gasteiger partial charge in [-0.05, 0) is 19.1 Å². The van der Waals surface area contributed by atoms with E-state index in [-0.39, 0.29) is 17.3 Å².